The molecule has 0 saturated carbocycles. The van der Waals surface area contributed by atoms with Crippen LogP contribution in [0.3, 0.4) is 0 Å². The van der Waals surface area contributed by atoms with E-state index in [4.69, 9.17) is 4.74 Å². The Morgan fingerprint density at radius 2 is 2.18 bits per heavy atom. The van der Waals surface area contributed by atoms with Crippen LogP contribution < -0.4 is 4.74 Å². The summed E-state index contributed by atoms with van der Waals surface area (Å²) in [7, 11) is 2.75. The monoisotopic (exact) mass is 234 g/mol. The smallest absolute Gasteiger partial charge is 0.338 e. The van der Waals surface area contributed by atoms with Gasteiger partial charge in [0.05, 0.1) is 30.7 Å². The van der Waals surface area contributed by atoms with E-state index in [9.17, 15) is 9.59 Å². The Balaban J connectivity index is 2.72. The Labute approximate surface area is 96.5 Å². The van der Waals surface area contributed by atoms with E-state index >= 15 is 0 Å². The van der Waals surface area contributed by atoms with Gasteiger partial charge in [-0.3, -0.25) is 9.89 Å². The van der Waals surface area contributed by atoms with E-state index in [1.165, 1.54) is 26.4 Å². The molecule has 1 heterocycles. The van der Waals surface area contributed by atoms with Gasteiger partial charge in [-0.25, -0.2) is 4.79 Å². The molecule has 0 fully saturated rings. The summed E-state index contributed by atoms with van der Waals surface area (Å²) in [5.41, 5.74) is 1.11. The number of methoxy groups -OCH3 is 2. The zero-order chi connectivity index (χ0) is 12.4. The predicted octanol–water partition coefficient (Wildman–Crippen LogP) is 1.17. The van der Waals surface area contributed by atoms with Gasteiger partial charge < -0.3 is 9.47 Å². The van der Waals surface area contributed by atoms with Crippen LogP contribution in [-0.4, -0.2) is 36.7 Å². The van der Waals surface area contributed by atoms with Crippen LogP contribution in [0.25, 0.3) is 10.9 Å². The lowest BCUT2D eigenvalue weighted by molar-refractivity contribution is 0.0600. The third-order valence-electron chi connectivity index (χ3n) is 2.41. The van der Waals surface area contributed by atoms with Gasteiger partial charge in [0.2, 0.25) is 0 Å². The average molecular weight is 234 g/mol. The number of H-pyrrole nitrogens is 1. The van der Waals surface area contributed by atoms with Crippen molar-refractivity contribution < 1.29 is 19.1 Å². The number of aromatic nitrogens is 2. The number of carbonyl (C=O) groups is 2. The van der Waals surface area contributed by atoms with E-state index in [1.807, 2.05) is 0 Å². The second kappa shape index (κ2) is 4.25. The molecular weight excluding hydrogens is 224 g/mol. The fourth-order valence-electron chi connectivity index (χ4n) is 1.62. The number of benzene rings is 1. The van der Waals surface area contributed by atoms with Gasteiger partial charge in [-0.1, -0.05) is 0 Å². The van der Waals surface area contributed by atoms with Crippen molar-refractivity contribution in [3.8, 4) is 5.75 Å². The number of ether oxygens (including phenoxy) is 2. The largest absolute Gasteiger partial charge is 0.496 e. The fraction of sp³-hybridized carbons (Fsp3) is 0.182. The summed E-state index contributed by atoms with van der Waals surface area (Å²) in [5.74, 6) is -0.0837. The number of hydrogen-bond donors (Lipinski definition) is 1. The second-order valence-corrected chi connectivity index (χ2v) is 3.32. The van der Waals surface area contributed by atoms with Crippen LogP contribution in [0.2, 0.25) is 0 Å². The SMILES string of the molecule is COC(=O)c1cc(OC)c2c(C=O)[nH]nc2c1. The van der Waals surface area contributed by atoms with Crippen molar-refractivity contribution >= 4 is 23.2 Å². The number of rotatable bonds is 3. The zero-order valence-electron chi connectivity index (χ0n) is 9.31. The van der Waals surface area contributed by atoms with E-state index in [0.29, 0.717) is 34.2 Å². The van der Waals surface area contributed by atoms with Crippen molar-refractivity contribution in [1.29, 1.82) is 0 Å². The van der Waals surface area contributed by atoms with Crippen molar-refractivity contribution in [2.45, 2.75) is 0 Å². The minimum Gasteiger partial charge on any atom is -0.496 e. The zero-order valence-corrected chi connectivity index (χ0v) is 9.31. The van der Waals surface area contributed by atoms with E-state index in [1.54, 1.807) is 0 Å². The summed E-state index contributed by atoms with van der Waals surface area (Å²) < 4.78 is 9.75. The number of esters is 1. The molecule has 6 nitrogen and oxygen atoms in total. The Morgan fingerprint density at radius 3 is 2.76 bits per heavy atom. The molecule has 0 unspecified atom stereocenters. The summed E-state index contributed by atoms with van der Waals surface area (Å²) in [6, 6.07) is 3.05. The number of carbonyl (C=O) groups excluding carboxylic acids is 2. The van der Waals surface area contributed by atoms with Gasteiger partial charge in [-0.2, -0.15) is 5.10 Å². The minimum absolute atomic E-state index is 0.313. The molecule has 88 valence electrons. The summed E-state index contributed by atoms with van der Waals surface area (Å²) in [6.45, 7) is 0. The molecule has 1 N–H and O–H groups in total. The van der Waals surface area contributed by atoms with Gasteiger partial charge in [0.1, 0.15) is 11.4 Å². The number of fused-ring (bicyclic) bond motifs is 1. The summed E-state index contributed by atoms with van der Waals surface area (Å²) in [5, 5.41) is 7.05. The highest BCUT2D eigenvalue weighted by Gasteiger charge is 2.15. The van der Waals surface area contributed by atoms with Gasteiger partial charge in [-0.05, 0) is 12.1 Å². The average Bonchev–Trinajstić information content (AvgIpc) is 2.79. The quantitative estimate of drug-likeness (QED) is 0.636. The maximum atomic E-state index is 11.4. The highest BCUT2D eigenvalue weighted by Crippen LogP contribution is 2.28. The van der Waals surface area contributed by atoms with Gasteiger partial charge in [0.15, 0.2) is 6.29 Å². The maximum absolute atomic E-state index is 11.4. The van der Waals surface area contributed by atoms with Crippen LogP contribution in [0.5, 0.6) is 5.75 Å². The summed E-state index contributed by atoms with van der Waals surface area (Å²) in [6.07, 6.45) is 0.648. The van der Waals surface area contributed by atoms with Crippen molar-refractivity contribution in [1.82, 2.24) is 10.2 Å². The molecular formula is C11H10N2O4. The minimum atomic E-state index is -0.485. The highest BCUT2D eigenvalue weighted by atomic mass is 16.5. The fourth-order valence-corrected chi connectivity index (χ4v) is 1.62. The van der Waals surface area contributed by atoms with Crippen LogP contribution >= 0.6 is 0 Å². The molecule has 0 amide bonds. The normalized spacial score (nSPS) is 10.2. The molecule has 17 heavy (non-hydrogen) atoms. The van der Waals surface area contributed by atoms with Crippen LogP contribution in [0.4, 0.5) is 0 Å². The Bertz CT molecular complexity index is 588. The Hall–Kier alpha value is -2.37. The van der Waals surface area contributed by atoms with Crippen molar-refractivity contribution in [2.24, 2.45) is 0 Å². The second-order valence-electron chi connectivity index (χ2n) is 3.32. The van der Waals surface area contributed by atoms with Crippen LogP contribution in [0, 0.1) is 0 Å². The molecule has 0 radical (unpaired) electrons. The molecule has 0 aliphatic heterocycles. The van der Waals surface area contributed by atoms with Crippen LogP contribution in [-0.2, 0) is 4.74 Å². The van der Waals surface area contributed by atoms with E-state index in [-0.39, 0.29) is 0 Å². The first-order valence-corrected chi connectivity index (χ1v) is 4.81. The topological polar surface area (TPSA) is 81.3 Å². The third-order valence-corrected chi connectivity index (χ3v) is 2.41. The molecule has 0 atom stereocenters. The van der Waals surface area contributed by atoms with E-state index in [2.05, 4.69) is 14.9 Å². The standard InChI is InChI=1S/C11H10N2O4/c1-16-9-4-6(11(15)17-2)3-7-10(9)8(5-14)13-12-7/h3-5H,1-2H3,(H,12,13). The maximum Gasteiger partial charge on any atom is 0.338 e. The summed E-state index contributed by atoms with van der Waals surface area (Å²) in [4.78, 5) is 22.2. The number of aldehydes is 1. The van der Waals surface area contributed by atoms with Crippen molar-refractivity contribution in [3.63, 3.8) is 0 Å². The molecule has 2 aromatic rings. The number of nitrogens with zero attached hydrogens (tertiary/aromatic N) is 1. The third kappa shape index (κ3) is 1.73. The molecule has 0 aliphatic carbocycles. The van der Waals surface area contributed by atoms with Gasteiger partial charge in [-0.15, -0.1) is 0 Å². The molecule has 6 heteroatoms. The molecule has 2 rings (SSSR count). The first-order chi connectivity index (χ1) is 8.21. The molecule has 1 aromatic carbocycles. The van der Waals surface area contributed by atoms with E-state index < -0.39 is 5.97 Å². The number of aromatic amines is 1. The lowest BCUT2D eigenvalue weighted by Crippen LogP contribution is -2.01. The van der Waals surface area contributed by atoms with Gasteiger partial charge >= 0.3 is 5.97 Å². The van der Waals surface area contributed by atoms with Crippen LogP contribution in [0.15, 0.2) is 12.1 Å². The van der Waals surface area contributed by atoms with Crippen molar-refractivity contribution in [3.05, 3.63) is 23.4 Å². The molecule has 0 spiro atoms. The Morgan fingerprint density at radius 1 is 1.41 bits per heavy atom. The number of nitrogens with one attached hydrogen (secondary N) is 1. The molecule has 0 saturated heterocycles. The van der Waals surface area contributed by atoms with Gasteiger partial charge in [0.25, 0.3) is 0 Å². The lowest BCUT2D eigenvalue weighted by Gasteiger charge is -2.04. The first kappa shape index (κ1) is 11.1. The highest BCUT2D eigenvalue weighted by molar-refractivity contribution is 6.02. The van der Waals surface area contributed by atoms with Crippen LogP contribution in [0.1, 0.15) is 20.8 Å². The lowest BCUT2D eigenvalue weighted by atomic mass is 10.1. The predicted molar refractivity (Wildman–Crippen MR) is 59.4 cm³/mol. The first-order valence-electron chi connectivity index (χ1n) is 4.81. The molecule has 0 aliphatic rings. The number of hydrogen-bond acceptors (Lipinski definition) is 5. The molecule has 0 bridgehead atoms. The van der Waals surface area contributed by atoms with E-state index in [0.717, 1.165) is 0 Å². The summed E-state index contributed by atoms with van der Waals surface area (Å²) >= 11 is 0. The van der Waals surface area contributed by atoms with Crippen molar-refractivity contribution in [2.75, 3.05) is 14.2 Å². The Kier molecular flexibility index (Phi) is 2.78. The molecule has 1 aromatic heterocycles. The van der Waals surface area contributed by atoms with Gasteiger partial charge in [0, 0.05) is 0 Å².